The molecule has 1 N–H and O–H groups in total. The van der Waals surface area contributed by atoms with E-state index in [1.54, 1.807) is 18.3 Å². The predicted molar refractivity (Wildman–Crippen MR) is 111 cm³/mol. The van der Waals surface area contributed by atoms with Crippen molar-refractivity contribution in [2.45, 2.75) is 32.1 Å². The van der Waals surface area contributed by atoms with Crippen LogP contribution in [-0.2, 0) is 12.8 Å². The van der Waals surface area contributed by atoms with Crippen LogP contribution < -0.4 is 0 Å². The molecule has 144 valence electrons. The standard InChI is InChI=1S/C24H26FN3/c25-22-6-3-19(4-7-22)14-20-9-12-28(13-10-20)11-1-2-18-5-8-24-23(15-18)21(16-26)17-27-24/h3-8,15,17,20,27H,1-2,9-14H2. The summed E-state index contributed by atoms with van der Waals surface area (Å²) in [4.78, 5) is 5.72. The van der Waals surface area contributed by atoms with Crippen LogP contribution in [0.3, 0.4) is 0 Å². The molecule has 1 aliphatic heterocycles. The number of H-pyrrole nitrogens is 1. The van der Waals surface area contributed by atoms with Gasteiger partial charge in [-0.1, -0.05) is 18.2 Å². The third-order valence-electron chi connectivity index (χ3n) is 5.95. The Morgan fingerprint density at radius 3 is 2.57 bits per heavy atom. The van der Waals surface area contributed by atoms with Crippen LogP contribution in [0.5, 0.6) is 0 Å². The molecule has 0 unspecified atom stereocenters. The smallest absolute Gasteiger partial charge is 0.123 e. The molecule has 0 aliphatic carbocycles. The van der Waals surface area contributed by atoms with Gasteiger partial charge in [0.05, 0.1) is 5.56 Å². The zero-order chi connectivity index (χ0) is 19.3. The van der Waals surface area contributed by atoms with Crippen LogP contribution in [0.1, 0.15) is 36.0 Å². The van der Waals surface area contributed by atoms with Gasteiger partial charge in [-0.3, -0.25) is 0 Å². The maximum atomic E-state index is 13.0. The van der Waals surface area contributed by atoms with Crippen LogP contribution in [0, 0.1) is 23.1 Å². The van der Waals surface area contributed by atoms with Crippen molar-refractivity contribution in [3.63, 3.8) is 0 Å². The first-order chi connectivity index (χ1) is 13.7. The minimum absolute atomic E-state index is 0.155. The van der Waals surface area contributed by atoms with Gasteiger partial charge in [0.2, 0.25) is 0 Å². The molecule has 0 radical (unpaired) electrons. The van der Waals surface area contributed by atoms with Crippen LogP contribution in [-0.4, -0.2) is 29.5 Å². The molecule has 4 heteroatoms. The number of piperidine rings is 1. The predicted octanol–water partition coefficient (Wildman–Crippen LogP) is 5.07. The number of fused-ring (bicyclic) bond motifs is 1. The molecule has 0 bridgehead atoms. The molecule has 2 aromatic carbocycles. The molecule has 28 heavy (non-hydrogen) atoms. The fourth-order valence-electron chi connectivity index (χ4n) is 4.29. The summed E-state index contributed by atoms with van der Waals surface area (Å²) in [6.45, 7) is 3.43. The number of aromatic nitrogens is 1. The van der Waals surface area contributed by atoms with Gasteiger partial charge in [-0.25, -0.2) is 4.39 Å². The van der Waals surface area contributed by atoms with Crippen LogP contribution in [0.2, 0.25) is 0 Å². The van der Waals surface area contributed by atoms with E-state index in [0.29, 0.717) is 5.92 Å². The SMILES string of the molecule is N#Cc1c[nH]c2ccc(CCCN3CCC(Cc4ccc(F)cc4)CC3)cc12. The van der Waals surface area contributed by atoms with Crippen LogP contribution in [0.15, 0.2) is 48.7 Å². The number of hydrogen-bond donors (Lipinski definition) is 1. The van der Waals surface area contributed by atoms with E-state index in [2.05, 4.69) is 34.2 Å². The topological polar surface area (TPSA) is 42.8 Å². The third kappa shape index (κ3) is 4.43. The van der Waals surface area contributed by atoms with Crippen LogP contribution in [0.25, 0.3) is 10.9 Å². The summed E-state index contributed by atoms with van der Waals surface area (Å²) in [6.07, 6.45) is 7.47. The molecule has 0 atom stereocenters. The van der Waals surface area contributed by atoms with E-state index >= 15 is 0 Å². The summed E-state index contributed by atoms with van der Waals surface area (Å²) < 4.78 is 13.0. The van der Waals surface area contributed by atoms with Crippen LogP contribution in [0.4, 0.5) is 4.39 Å². The number of aromatic amines is 1. The van der Waals surface area contributed by atoms with Gasteiger partial charge in [-0.05, 0) is 93.0 Å². The molecule has 2 heterocycles. The summed E-state index contributed by atoms with van der Waals surface area (Å²) in [5.41, 5.74) is 4.30. The number of aryl methyl sites for hydroxylation is 1. The Morgan fingerprint density at radius 2 is 1.82 bits per heavy atom. The second-order valence-corrected chi connectivity index (χ2v) is 7.91. The number of rotatable bonds is 6. The minimum Gasteiger partial charge on any atom is -0.360 e. The summed E-state index contributed by atoms with van der Waals surface area (Å²) in [5, 5.41) is 10.2. The van der Waals surface area contributed by atoms with Crippen molar-refractivity contribution in [2.75, 3.05) is 19.6 Å². The van der Waals surface area contributed by atoms with E-state index in [1.807, 2.05) is 12.1 Å². The highest BCUT2D eigenvalue weighted by atomic mass is 19.1. The number of hydrogen-bond acceptors (Lipinski definition) is 2. The van der Waals surface area contributed by atoms with E-state index in [1.165, 1.54) is 24.0 Å². The molecule has 1 saturated heterocycles. The minimum atomic E-state index is -0.155. The monoisotopic (exact) mass is 375 g/mol. The van der Waals surface area contributed by atoms with Gasteiger partial charge in [0, 0.05) is 17.1 Å². The van der Waals surface area contributed by atoms with E-state index in [-0.39, 0.29) is 5.82 Å². The van der Waals surface area contributed by atoms with E-state index in [9.17, 15) is 9.65 Å². The van der Waals surface area contributed by atoms with Gasteiger partial charge in [-0.2, -0.15) is 5.26 Å². The fraction of sp³-hybridized carbons (Fsp3) is 0.375. The molecule has 4 rings (SSSR count). The Bertz CT molecular complexity index is 960. The first-order valence-corrected chi connectivity index (χ1v) is 10.2. The molecule has 1 aliphatic rings. The average molecular weight is 375 g/mol. The largest absolute Gasteiger partial charge is 0.360 e. The summed E-state index contributed by atoms with van der Waals surface area (Å²) in [5.74, 6) is 0.556. The normalized spacial score (nSPS) is 15.7. The fourth-order valence-corrected chi connectivity index (χ4v) is 4.29. The van der Waals surface area contributed by atoms with Crippen molar-refractivity contribution in [3.8, 4) is 6.07 Å². The Labute approximate surface area is 165 Å². The molecule has 0 amide bonds. The Morgan fingerprint density at radius 1 is 1.07 bits per heavy atom. The summed E-state index contributed by atoms with van der Waals surface area (Å²) in [7, 11) is 0. The molecule has 0 spiro atoms. The molecular weight excluding hydrogens is 349 g/mol. The summed E-state index contributed by atoms with van der Waals surface area (Å²) >= 11 is 0. The number of likely N-dealkylation sites (tertiary alicyclic amines) is 1. The van der Waals surface area contributed by atoms with Gasteiger partial charge < -0.3 is 9.88 Å². The lowest BCUT2D eigenvalue weighted by Crippen LogP contribution is -2.35. The number of nitrogens with one attached hydrogen (secondary N) is 1. The Hall–Kier alpha value is -2.64. The van der Waals surface area contributed by atoms with Crippen molar-refractivity contribution in [3.05, 3.63) is 71.2 Å². The van der Waals surface area contributed by atoms with Gasteiger partial charge in [0.25, 0.3) is 0 Å². The molecule has 0 saturated carbocycles. The lowest BCUT2D eigenvalue weighted by molar-refractivity contribution is 0.182. The second kappa shape index (κ2) is 8.58. The van der Waals surface area contributed by atoms with Crippen molar-refractivity contribution in [1.82, 2.24) is 9.88 Å². The maximum Gasteiger partial charge on any atom is 0.123 e. The summed E-state index contributed by atoms with van der Waals surface area (Å²) in [6, 6.07) is 15.6. The first kappa shape index (κ1) is 18.7. The molecule has 3 aromatic rings. The molecule has 1 fully saturated rings. The highest BCUT2D eigenvalue weighted by Gasteiger charge is 2.19. The van der Waals surface area contributed by atoms with Gasteiger partial charge in [0.15, 0.2) is 0 Å². The van der Waals surface area contributed by atoms with E-state index in [4.69, 9.17) is 0 Å². The molecule has 3 nitrogen and oxygen atoms in total. The van der Waals surface area contributed by atoms with E-state index < -0.39 is 0 Å². The number of benzene rings is 2. The van der Waals surface area contributed by atoms with Gasteiger partial charge >= 0.3 is 0 Å². The lowest BCUT2D eigenvalue weighted by Gasteiger charge is -2.32. The zero-order valence-electron chi connectivity index (χ0n) is 16.1. The quantitative estimate of drug-likeness (QED) is 0.654. The maximum absolute atomic E-state index is 13.0. The highest BCUT2D eigenvalue weighted by Crippen LogP contribution is 2.23. The number of nitriles is 1. The van der Waals surface area contributed by atoms with Gasteiger partial charge in [0.1, 0.15) is 11.9 Å². The third-order valence-corrected chi connectivity index (χ3v) is 5.95. The highest BCUT2D eigenvalue weighted by molar-refractivity contribution is 5.86. The van der Waals surface area contributed by atoms with Crippen molar-refractivity contribution < 1.29 is 4.39 Å². The van der Waals surface area contributed by atoms with Crippen LogP contribution >= 0.6 is 0 Å². The average Bonchev–Trinajstić information content (AvgIpc) is 3.13. The number of nitrogens with zero attached hydrogens (tertiary/aromatic N) is 2. The van der Waals surface area contributed by atoms with Crippen molar-refractivity contribution in [1.29, 1.82) is 5.26 Å². The zero-order valence-corrected chi connectivity index (χ0v) is 16.1. The van der Waals surface area contributed by atoms with Crippen molar-refractivity contribution >= 4 is 10.9 Å². The number of halogens is 1. The molecule has 1 aromatic heterocycles. The van der Waals surface area contributed by atoms with Gasteiger partial charge in [-0.15, -0.1) is 0 Å². The van der Waals surface area contributed by atoms with Crippen molar-refractivity contribution in [2.24, 2.45) is 5.92 Å². The molecular formula is C24H26FN3. The Kier molecular flexibility index (Phi) is 5.73. The lowest BCUT2D eigenvalue weighted by atomic mass is 9.90. The Balaban J connectivity index is 1.22. The van der Waals surface area contributed by atoms with E-state index in [0.717, 1.165) is 55.4 Å². The first-order valence-electron chi connectivity index (χ1n) is 10.2. The second-order valence-electron chi connectivity index (χ2n) is 7.91.